The molecule has 1 unspecified atom stereocenters. The molecule has 1 atom stereocenters. The SMILES string of the molecule is C1CCCC1.O=C1c2ccccc2C(O)N1CCCCC(=C(c1ccc(O)cc1)c1ccc(O)cc1)C1CCCC1.[Fe]. The maximum Gasteiger partial charge on any atom is 0.256 e. The Balaban J connectivity index is 0.000000612. The largest absolute Gasteiger partial charge is 0.508 e. The molecule has 42 heavy (non-hydrogen) atoms. The van der Waals surface area contributed by atoms with Crippen molar-refractivity contribution < 1.29 is 37.2 Å². The maximum atomic E-state index is 12.8. The van der Waals surface area contributed by atoms with Gasteiger partial charge in [0.1, 0.15) is 11.5 Å². The van der Waals surface area contributed by atoms with Crippen LogP contribution < -0.4 is 0 Å². The molecular formula is C36H43FeNO4. The van der Waals surface area contributed by atoms with Crippen LogP contribution in [0.3, 0.4) is 0 Å². The summed E-state index contributed by atoms with van der Waals surface area (Å²) in [6.45, 7) is 0.514. The first-order valence-electron chi connectivity index (χ1n) is 15.4. The van der Waals surface area contributed by atoms with Crippen LogP contribution in [-0.4, -0.2) is 32.7 Å². The van der Waals surface area contributed by atoms with Crippen molar-refractivity contribution in [1.82, 2.24) is 4.90 Å². The molecule has 1 aliphatic heterocycles. The summed E-state index contributed by atoms with van der Waals surface area (Å²) in [6.07, 6.45) is 14.0. The van der Waals surface area contributed by atoms with Gasteiger partial charge in [-0.3, -0.25) is 4.79 Å². The summed E-state index contributed by atoms with van der Waals surface area (Å²) >= 11 is 0. The minimum Gasteiger partial charge on any atom is -0.508 e. The molecule has 3 aliphatic rings. The van der Waals surface area contributed by atoms with E-state index < -0.39 is 6.23 Å². The summed E-state index contributed by atoms with van der Waals surface area (Å²) in [5, 5.41) is 30.4. The van der Waals surface area contributed by atoms with Crippen LogP contribution >= 0.6 is 0 Å². The number of aliphatic hydroxyl groups is 1. The van der Waals surface area contributed by atoms with E-state index in [1.54, 1.807) is 35.2 Å². The van der Waals surface area contributed by atoms with Crippen LogP contribution in [0.4, 0.5) is 0 Å². The van der Waals surface area contributed by atoms with Crippen molar-refractivity contribution in [3.05, 3.63) is 101 Å². The second-order valence-corrected chi connectivity index (χ2v) is 11.7. The number of phenols is 2. The standard InChI is InChI=1S/C31H33NO4.C5H10.Fe/c33-24-16-12-22(13-17-24)29(23-14-18-25(34)19-15-23)26(21-7-1-2-8-21)9-5-6-20-32-30(35)27-10-3-4-11-28(27)31(32)36;1-2-4-5-3-1;/h3-4,10-19,21,30,33-35H,1-2,5-9,20H2;1-5H2;. The summed E-state index contributed by atoms with van der Waals surface area (Å²) in [7, 11) is 0. The molecule has 224 valence electrons. The molecule has 5 nitrogen and oxygen atoms in total. The molecule has 0 bridgehead atoms. The Kier molecular flexibility index (Phi) is 11.7. The Labute approximate surface area is 260 Å². The van der Waals surface area contributed by atoms with Crippen molar-refractivity contribution >= 4 is 11.5 Å². The van der Waals surface area contributed by atoms with E-state index in [-0.39, 0.29) is 34.5 Å². The molecule has 1 heterocycles. The van der Waals surface area contributed by atoms with Gasteiger partial charge in [0, 0.05) is 34.7 Å². The first kappa shape index (κ1) is 31.9. The van der Waals surface area contributed by atoms with Crippen LogP contribution in [-0.2, 0) is 17.1 Å². The van der Waals surface area contributed by atoms with Gasteiger partial charge in [-0.25, -0.2) is 0 Å². The van der Waals surface area contributed by atoms with Gasteiger partial charge in [0.05, 0.1) is 0 Å². The average molecular weight is 610 g/mol. The van der Waals surface area contributed by atoms with Gasteiger partial charge in [-0.15, -0.1) is 0 Å². The second kappa shape index (κ2) is 15.4. The van der Waals surface area contributed by atoms with Crippen molar-refractivity contribution in [2.24, 2.45) is 5.92 Å². The van der Waals surface area contributed by atoms with Crippen molar-refractivity contribution in [1.29, 1.82) is 0 Å². The molecule has 1 amide bonds. The zero-order valence-electron chi connectivity index (χ0n) is 24.3. The van der Waals surface area contributed by atoms with Gasteiger partial charge in [0.15, 0.2) is 6.23 Å². The molecule has 2 fully saturated rings. The van der Waals surface area contributed by atoms with Gasteiger partial charge < -0.3 is 20.2 Å². The predicted molar refractivity (Wildman–Crippen MR) is 164 cm³/mol. The Bertz CT molecular complexity index is 1270. The van der Waals surface area contributed by atoms with Crippen LogP contribution in [0.15, 0.2) is 78.4 Å². The van der Waals surface area contributed by atoms with Gasteiger partial charge in [-0.2, -0.15) is 0 Å². The van der Waals surface area contributed by atoms with Crippen molar-refractivity contribution in [2.45, 2.75) is 83.3 Å². The van der Waals surface area contributed by atoms with Crippen LogP contribution in [0.2, 0.25) is 0 Å². The first-order chi connectivity index (χ1) is 20.0. The fraction of sp³-hybridized carbons (Fsp3) is 0.417. The molecule has 3 aromatic rings. The molecule has 2 aliphatic carbocycles. The van der Waals surface area contributed by atoms with Gasteiger partial charge in [-0.1, -0.05) is 93.0 Å². The topological polar surface area (TPSA) is 81.0 Å². The Morgan fingerprint density at radius 3 is 1.76 bits per heavy atom. The third kappa shape index (κ3) is 7.66. The minimum absolute atomic E-state index is 0. The second-order valence-electron chi connectivity index (χ2n) is 11.7. The number of aromatic hydroxyl groups is 2. The number of hydrogen-bond acceptors (Lipinski definition) is 4. The fourth-order valence-corrected chi connectivity index (χ4v) is 6.66. The van der Waals surface area contributed by atoms with E-state index >= 15 is 0 Å². The summed E-state index contributed by atoms with van der Waals surface area (Å²) < 4.78 is 0. The molecule has 0 spiro atoms. The van der Waals surface area contributed by atoms with Crippen molar-refractivity contribution in [2.75, 3.05) is 6.54 Å². The first-order valence-corrected chi connectivity index (χ1v) is 15.4. The average Bonchev–Trinajstić information content (AvgIpc) is 3.78. The van der Waals surface area contributed by atoms with Gasteiger partial charge in [-0.05, 0) is 85.1 Å². The van der Waals surface area contributed by atoms with Crippen molar-refractivity contribution in [3.8, 4) is 11.5 Å². The third-order valence-corrected chi connectivity index (χ3v) is 8.85. The number of carbonyl (C=O) groups excluding carboxylic acids is 1. The number of benzene rings is 3. The summed E-state index contributed by atoms with van der Waals surface area (Å²) in [5.41, 5.74) is 5.98. The summed E-state index contributed by atoms with van der Waals surface area (Å²) in [5.74, 6) is 0.867. The number of phenolic OH excluding ortho intramolecular Hbond substituents is 2. The Morgan fingerprint density at radius 2 is 1.24 bits per heavy atom. The number of allylic oxidation sites excluding steroid dienone is 1. The maximum absolute atomic E-state index is 12.8. The summed E-state index contributed by atoms with van der Waals surface area (Å²) in [6, 6.07) is 22.0. The number of fused-ring (bicyclic) bond motifs is 1. The van der Waals surface area contributed by atoms with E-state index in [0.717, 1.165) is 43.2 Å². The normalized spacial score (nSPS) is 17.8. The van der Waals surface area contributed by atoms with Crippen LogP contribution in [0.5, 0.6) is 11.5 Å². The van der Waals surface area contributed by atoms with E-state index in [0.29, 0.717) is 23.6 Å². The van der Waals surface area contributed by atoms with E-state index in [2.05, 4.69) is 0 Å². The predicted octanol–water partition coefficient (Wildman–Crippen LogP) is 8.36. The zero-order chi connectivity index (χ0) is 28.6. The molecule has 0 radical (unpaired) electrons. The van der Waals surface area contributed by atoms with E-state index in [1.807, 2.05) is 42.5 Å². The Morgan fingerprint density at radius 1 is 0.714 bits per heavy atom. The number of unbranched alkanes of at least 4 members (excludes halogenated alkanes) is 1. The van der Waals surface area contributed by atoms with E-state index in [1.165, 1.54) is 56.1 Å². The number of aliphatic hydroxyl groups excluding tert-OH is 1. The molecule has 3 N–H and O–H groups in total. The monoisotopic (exact) mass is 609 g/mol. The third-order valence-electron chi connectivity index (χ3n) is 8.85. The van der Waals surface area contributed by atoms with E-state index in [4.69, 9.17) is 0 Å². The molecule has 3 aromatic carbocycles. The number of amides is 1. The number of rotatable bonds is 8. The van der Waals surface area contributed by atoms with Crippen LogP contribution in [0, 0.1) is 5.92 Å². The molecule has 0 aromatic heterocycles. The van der Waals surface area contributed by atoms with Gasteiger partial charge >= 0.3 is 0 Å². The van der Waals surface area contributed by atoms with Gasteiger partial charge in [0.25, 0.3) is 5.91 Å². The zero-order valence-corrected chi connectivity index (χ0v) is 25.4. The molecule has 0 saturated heterocycles. The fourth-order valence-electron chi connectivity index (χ4n) is 6.66. The molecular weight excluding hydrogens is 566 g/mol. The smallest absolute Gasteiger partial charge is 0.256 e. The summed E-state index contributed by atoms with van der Waals surface area (Å²) in [4.78, 5) is 14.4. The quantitative estimate of drug-likeness (QED) is 0.177. The van der Waals surface area contributed by atoms with Gasteiger partial charge in [0.2, 0.25) is 0 Å². The molecule has 6 rings (SSSR count). The Hall–Kier alpha value is -3.05. The van der Waals surface area contributed by atoms with Crippen molar-refractivity contribution in [3.63, 3.8) is 0 Å². The minimum atomic E-state index is -0.872. The molecule has 6 heteroatoms. The molecule has 2 saturated carbocycles. The van der Waals surface area contributed by atoms with E-state index in [9.17, 15) is 20.1 Å². The van der Waals surface area contributed by atoms with Crippen LogP contribution in [0.25, 0.3) is 5.57 Å². The van der Waals surface area contributed by atoms with Crippen LogP contribution in [0.1, 0.15) is 110 Å². The number of carbonyl (C=O) groups is 1. The number of nitrogens with zero attached hydrogens (tertiary/aromatic N) is 1. The number of hydrogen-bond donors (Lipinski definition) is 3.